The summed E-state index contributed by atoms with van der Waals surface area (Å²) in [4.78, 5) is 32.5. The average molecular weight is 571 g/mol. The number of nitrogens with zero attached hydrogens (tertiary/aromatic N) is 5. The van der Waals surface area contributed by atoms with Crippen molar-refractivity contribution in [3.63, 3.8) is 0 Å². The Balaban J connectivity index is 1.32. The van der Waals surface area contributed by atoms with Crippen molar-refractivity contribution >= 4 is 49.9 Å². The lowest BCUT2D eigenvalue weighted by Crippen LogP contribution is -2.67. The molecule has 5 rings (SSSR count). The second-order valence-electron chi connectivity index (χ2n) is 10.1. The third kappa shape index (κ3) is 5.44. The Morgan fingerprint density at radius 1 is 1.08 bits per heavy atom. The SMILES string of the molecule is Cc1cc(N2CCC(N(C)N3C(=O)CN(S(=O)(=O)c4ccc5cc(Cl)ccc5c4)CC3C(N)=O)CC2)ccn1. The van der Waals surface area contributed by atoms with Gasteiger partial charge in [0.1, 0.15) is 6.04 Å². The van der Waals surface area contributed by atoms with Gasteiger partial charge in [-0.3, -0.25) is 19.6 Å². The monoisotopic (exact) mass is 570 g/mol. The molecule has 2 fully saturated rings. The van der Waals surface area contributed by atoms with Crippen LogP contribution in [-0.2, 0) is 19.6 Å². The number of benzene rings is 2. The van der Waals surface area contributed by atoms with E-state index in [0.717, 1.165) is 47.0 Å². The summed E-state index contributed by atoms with van der Waals surface area (Å²) in [7, 11) is -2.30. The lowest BCUT2D eigenvalue weighted by molar-refractivity contribution is -0.169. The fraction of sp³-hybridized carbons (Fsp3) is 0.370. The van der Waals surface area contributed by atoms with Gasteiger partial charge in [0.15, 0.2) is 0 Å². The molecule has 1 unspecified atom stereocenters. The van der Waals surface area contributed by atoms with E-state index in [1.165, 1.54) is 11.1 Å². The number of fused-ring (bicyclic) bond motifs is 1. The van der Waals surface area contributed by atoms with E-state index in [2.05, 4.69) is 9.88 Å². The maximum atomic E-state index is 13.5. The summed E-state index contributed by atoms with van der Waals surface area (Å²) in [6.07, 6.45) is 3.31. The molecule has 2 N–H and O–H groups in total. The Hall–Kier alpha value is -3.25. The fourth-order valence-corrected chi connectivity index (χ4v) is 7.04. The van der Waals surface area contributed by atoms with Crippen molar-refractivity contribution in [2.45, 2.75) is 36.7 Å². The van der Waals surface area contributed by atoms with Crippen molar-refractivity contribution in [3.05, 3.63) is 65.4 Å². The van der Waals surface area contributed by atoms with E-state index in [-0.39, 0.29) is 24.0 Å². The Morgan fingerprint density at radius 2 is 1.77 bits per heavy atom. The van der Waals surface area contributed by atoms with Crippen molar-refractivity contribution < 1.29 is 18.0 Å². The Kier molecular flexibility index (Phi) is 7.51. The smallest absolute Gasteiger partial charge is 0.252 e. The summed E-state index contributed by atoms with van der Waals surface area (Å²) < 4.78 is 28.1. The predicted molar refractivity (Wildman–Crippen MR) is 150 cm³/mol. The fourth-order valence-electron chi connectivity index (χ4n) is 5.43. The molecule has 0 radical (unpaired) electrons. The normalized spacial score (nSPS) is 19.7. The first-order valence-electron chi connectivity index (χ1n) is 12.8. The highest BCUT2D eigenvalue weighted by Gasteiger charge is 2.44. The van der Waals surface area contributed by atoms with Crippen molar-refractivity contribution in [1.82, 2.24) is 19.3 Å². The van der Waals surface area contributed by atoms with Crippen LogP contribution in [0.2, 0.25) is 5.02 Å². The minimum Gasteiger partial charge on any atom is -0.371 e. The molecule has 10 nitrogen and oxygen atoms in total. The zero-order valence-electron chi connectivity index (χ0n) is 21.8. The first-order chi connectivity index (χ1) is 18.5. The van der Waals surface area contributed by atoms with Crippen molar-refractivity contribution in [2.24, 2.45) is 5.73 Å². The molecular formula is C27H31ClN6O4S. The van der Waals surface area contributed by atoms with Crippen LogP contribution in [0.5, 0.6) is 0 Å². The number of hydrazine groups is 1. The summed E-state index contributed by atoms with van der Waals surface area (Å²) in [5.74, 6) is -1.25. The molecule has 2 amide bonds. The van der Waals surface area contributed by atoms with Crippen molar-refractivity contribution in [3.8, 4) is 0 Å². The summed E-state index contributed by atoms with van der Waals surface area (Å²) in [6.45, 7) is 2.89. The van der Waals surface area contributed by atoms with Crippen LogP contribution < -0.4 is 10.6 Å². The van der Waals surface area contributed by atoms with Gasteiger partial charge < -0.3 is 10.6 Å². The number of hydrogen-bond acceptors (Lipinski definition) is 7. The Labute approximate surface area is 232 Å². The molecule has 2 aliphatic rings. The minimum atomic E-state index is -4.06. The number of piperazine rings is 1. The summed E-state index contributed by atoms with van der Waals surface area (Å²) in [5, 5.41) is 5.17. The largest absolute Gasteiger partial charge is 0.371 e. The zero-order chi connectivity index (χ0) is 27.9. The Bertz CT molecular complexity index is 1530. The molecule has 0 bridgehead atoms. The van der Waals surface area contributed by atoms with Crippen LogP contribution in [0.4, 0.5) is 5.69 Å². The zero-order valence-corrected chi connectivity index (χ0v) is 23.4. The molecule has 1 aromatic heterocycles. The van der Waals surface area contributed by atoms with Crippen LogP contribution in [0, 0.1) is 6.92 Å². The summed E-state index contributed by atoms with van der Waals surface area (Å²) in [5.41, 5.74) is 7.77. The number of anilines is 1. The van der Waals surface area contributed by atoms with Gasteiger partial charge in [-0.1, -0.05) is 23.7 Å². The molecule has 3 heterocycles. The molecule has 2 aromatic carbocycles. The number of carbonyl (C=O) groups excluding carboxylic acids is 2. The van der Waals surface area contributed by atoms with E-state index in [1.54, 1.807) is 48.6 Å². The van der Waals surface area contributed by atoms with Crippen LogP contribution in [0.3, 0.4) is 0 Å². The number of sulfonamides is 1. The van der Waals surface area contributed by atoms with Crippen LogP contribution in [0.25, 0.3) is 10.8 Å². The maximum Gasteiger partial charge on any atom is 0.252 e. The second kappa shape index (κ2) is 10.7. The Morgan fingerprint density at radius 3 is 2.46 bits per heavy atom. The highest BCUT2D eigenvalue weighted by atomic mass is 35.5. The first-order valence-corrected chi connectivity index (χ1v) is 14.6. The van der Waals surface area contributed by atoms with E-state index >= 15 is 0 Å². The van der Waals surface area contributed by atoms with Gasteiger partial charge in [0.2, 0.25) is 15.9 Å². The minimum absolute atomic E-state index is 0.00884. The molecule has 0 saturated carbocycles. The van der Waals surface area contributed by atoms with Gasteiger partial charge in [-0.05, 0) is 66.9 Å². The second-order valence-corrected chi connectivity index (χ2v) is 12.4. The number of pyridine rings is 1. The van der Waals surface area contributed by atoms with Gasteiger partial charge in [-0.15, -0.1) is 0 Å². The van der Waals surface area contributed by atoms with Crippen LogP contribution in [0.15, 0.2) is 59.6 Å². The maximum absolute atomic E-state index is 13.5. The molecule has 206 valence electrons. The molecule has 39 heavy (non-hydrogen) atoms. The van der Waals surface area contributed by atoms with Gasteiger partial charge in [0.25, 0.3) is 5.91 Å². The number of primary amides is 1. The van der Waals surface area contributed by atoms with Crippen molar-refractivity contribution in [1.29, 1.82) is 0 Å². The van der Waals surface area contributed by atoms with Gasteiger partial charge in [-0.2, -0.15) is 4.31 Å². The molecule has 3 aromatic rings. The average Bonchev–Trinajstić information content (AvgIpc) is 2.92. The number of piperidine rings is 1. The number of rotatable bonds is 6. The van der Waals surface area contributed by atoms with Crippen LogP contribution >= 0.6 is 11.6 Å². The quantitative estimate of drug-likeness (QED) is 0.483. The number of nitrogens with two attached hydrogens (primary N) is 1. The van der Waals surface area contributed by atoms with Crippen LogP contribution in [0.1, 0.15) is 18.5 Å². The topological polar surface area (TPSA) is 120 Å². The molecule has 2 aliphatic heterocycles. The van der Waals surface area contributed by atoms with E-state index in [1.807, 2.05) is 19.1 Å². The lowest BCUT2D eigenvalue weighted by atomic mass is 10.0. The van der Waals surface area contributed by atoms with Gasteiger partial charge in [0, 0.05) is 55.3 Å². The highest BCUT2D eigenvalue weighted by molar-refractivity contribution is 7.89. The van der Waals surface area contributed by atoms with Crippen molar-refractivity contribution in [2.75, 3.05) is 38.1 Å². The molecule has 12 heteroatoms. The number of amides is 2. The molecular weight excluding hydrogens is 540 g/mol. The molecule has 2 saturated heterocycles. The molecule has 0 spiro atoms. The number of hydrogen-bond donors (Lipinski definition) is 1. The summed E-state index contributed by atoms with van der Waals surface area (Å²) in [6, 6.07) is 12.8. The lowest BCUT2D eigenvalue weighted by Gasteiger charge is -2.47. The third-order valence-electron chi connectivity index (χ3n) is 7.56. The van der Waals surface area contributed by atoms with E-state index < -0.39 is 27.9 Å². The number of halogens is 1. The van der Waals surface area contributed by atoms with E-state index in [0.29, 0.717) is 10.4 Å². The number of aromatic nitrogens is 1. The standard InChI is InChI=1S/C27H31ClN6O4S/c1-18-13-23(7-10-30-18)32-11-8-22(9-12-32)31(2)34-25(27(29)36)16-33(17-26(34)35)39(37,38)24-6-4-19-14-21(28)5-3-20(19)15-24/h3-7,10,13-15,22,25H,8-9,11-12,16-17H2,1-2H3,(H2,29,36). The molecule has 0 aliphatic carbocycles. The van der Waals surface area contributed by atoms with Gasteiger partial charge in [0.05, 0.1) is 11.4 Å². The summed E-state index contributed by atoms with van der Waals surface area (Å²) >= 11 is 6.05. The number of carbonyl (C=O) groups is 2. The first kappa shape index (κ1) is 27.3. The van der Waals surface area contributed by atoms with E-state index in [9.17, 15) is 18.0 Å². The highest BCUT2D eigenvalue weighted by Crippen LogP contribution is 2.28. The van der Waals surface area contributed by atoms with Gasteiger partial charge in [-0.25, -0.2) is 13.4 Å². The molecule has 1 atom stereocenters. The predicted octanol–water partition coefficient (Wildman–Crippen LogP) is 2.40. The number of aryl methyl sites for hydroxylation is 1. The van der Waals surface area contributed by atoms with E-state index in [4.69, 9.17) is 17.3 Å². The van der Waals surface area contributed by atoms with Gasteiger partial charge >= 0.3 is 0 Å². The third-order valence-corrected chi connectivity index (χ3v) is 9.60. The van der Waals surface area contributed by atoms with Crippen LogP contribution in [-0.4, -0.2) is 84.8 Å².